The second-order valence-corrected chi connectivity index (χ2v) is 13.3. The standard InChI is InChI=1S/C28H44O/c1-7-28-14-8-9-20(28)19-10-11-22-25(4)15-13-23(29)24(2,3)21(25)12-16-27(22,6)26(19,5)17-18-28/h1,19-23,29H,8-18H2,2-6H3/t19?,20?,21?,22?,23?,25?,26-,27?,28?/m1/s1. The molecule has 5 saturated carbocycles. The molecule has 0 heterocycles. The molecule has 5 aliphatic rings. The molecule has 0 aromatic heterocycles. The Hall–Kier alpha value is -0.480. The van der Waals surface area contributed by atoms with E-state index in [4.69, 9.17) is 6.42 Å². The number of hydrogen-bond acceptors (Lipinski definition) is 1. The lowest BCUT2D eigenvalue weighted by atomic mass is 9.32. The normalized spacial score (nSPS) is 58.3. The zero-order valence-electron chi connectivity index (χ0n) is 19.7. The third-order valence-electron chi connectivity index (χ3n) is 12.6. The number of hydrogen-bond donors (Lipinski definition) is 1. The summed E-state index contributed by atoms with van der Waals surface area (Å²) in [7, 11) is 0. The maximum absolute atomic E-state index is 10.8. The van der Waals surface area contributed by atoms with E-state index in [0.717, 1.165) is 24.2 Å². The molecule has 0 radical (unpaired) electrons. The minimum absolute atomic E-state index is 0.0583. The van der Waals surface area contributed by atoms with Gasteiger partial charge in [-0.05, 0) is 110 Å². The Morgan fingerprint density at radius 3 is 2.21 bits per heavy atom. The van der Waals surface area contributed by atoms with E-state index < -0.39 is 0 Å². The monoisotopic (exact) mass is 396 g/mol. The Kier molecular flexibility index (Phi) is 4.27. The number of terminal acetylenes is 1. The van der Waals surface area contributed by atoms with Crippen LogP contribution in [0.2, 0.25) is 0 Å². The van der Waals surface area contributed by atoms with Crippen molar-refractivity contribution in [2.45, 2.75) is 111 Å². The fraction of sp³-hybridized carbons (Fsp3) is 0.929. The molecule has 1 heteroatoms. The van der Waals surface area contributed by atoms with Gasteiger partial charge in [-0.3, -0.25) is 0 Å². The lowest BCUT2D eigenvalue weighted by Gasteiger charge is -2.72. The Balaban J connectivity index is 1.54. The molecule has 0 aromatic rings. The van der Waals surface area contributed by atoms with Crippen LogP contribution in [-0.2, 0) is 0 Å². The van der Waals surface area contributed by atoms with E-state index in [1.807, 2.05) is 0 Å². The van der Waals surface area contributed by atoms with Gasteiger partial charge >= 0.3 is 0 Å². The van der Waals surface area contributed by atoms with E-state index in [9.17, 15) is 5.11 Å². The Morgan fingerprint density at radius 1 is 0.724 bits per heavy atom. The molecule has 1 nitrogen and oxygen atoms in total. The molecule has 0 aliphatic heterocycles. The second kappa shape index (κ2) is 6.06. The van der Waals surface area contributed by atoms with Crippen LogP contribution in [0.5, 0.6) is 0 Å². The number of aliphatic hydroxyl groups is 1. The molecule has 5 aliphatic carbocycles. The van der Waals surface area contributed by atoms with Crippen LogP contribution < -0.4 is 0 Å². The van der Waals surface area contributed by atoms with Crippen molar-refractivity contribution < 1.29 is 5.11 Å². The molecular weight excluding hydrogens is 352 g/mol. The Morgan fingerprint density at radius 2 is 1.48 bits per heavy atom. The highest BCUT2D eigenvalue weighted by atomic mass is 16.3. The first-order valence-corrected chi connectivity index (χ1v) is 12.7. The Labute approximate surface area is 179 Å². The van der Waals surface area contributed by atoms with Crippen molar-refractivity contribution in [1.29, 1.82) is 0 Å². The first kappa shape index (κ1) is 20.4. The van der Waals surface area contributed by atoms with Crippen LogP contribution in [0.3, 0.4) is 0 Å². The molecule has 162 valence electrons. The van der Waals surface area contributed by atoms with E-state index in [2.05, 4.69) is 40.5 Å². The van der Waals surface area contributed by atoms with E-state index in [1.165, 1.54) is 64.2 Å². The van der Waals surface area contributed by atoms with Gasteiger partial charge in [0.2, 0.25) is 0 Å². The number of aliphatic hydroxyl groups excluding tert-OH is 1. The largest absolute Gasteiger partial charge is 0.393 e. The van der Waals surface area contributed by atoms with Gasteiger partial charge in [0.25, 0.3) is 0 Å². The topological polar surface area (TPSA) is 20.2 Å². The highest BCUT2D eigenvalue weighted by Gasteiger charge is 2.69. The molecule has 0 saturated heterocycles. The van der Waals surface area contributed by atoms with Crippen molar-refractivity contribution in [1.82, 2.24) is 0 Å². The summed E-state index contributed by atoms with van der Waals surface area (Å²) in [6.45, 7) is 12.7. The van der Waals surface area contributed by atoms with Crippen LogP contribution in [0.1, 0.15) is 105 Å². The molecule has 0 amide bonds. The lowest BCUT2D eigenvalue weighted by Crippen LogP contribution is -2.66. The first-order valence-electron chi connectivity index (χ1n) is 12.7. The summed E-state index contributed by atoms with van der Waals surface area (Å²) >= 11 is 0. The van der Waals surface area contributed by atoms with Gasteiger partial charge in [-0.25, -0.2) is 0 Å². The summed E-state index contributed by atoms with van der Waals surface area (Å²) in [5.41, 5.74) is 1.55. The van der Waals surface area contributed by atoms with Gasteiger partial charge in [0.15, 0.2) is 0 Å². The van der Waals surface area contributed by atoms with E-state index >= 15 is 0 Å². The predicted octanol–water partition coefficient (Wildman–Crippen LogP) is 6.84. The van der Waals surface area contributed by atoms with Gasteiger partial charge in [0, 0.05) is 5.41 Å². The minimum Gasteiger partial charge on any atom is -0.393 e. The van der Waals surface area contributed by atoms with Crippen LogP contribution >= 0.6 is 0 Å². The van der Waals surface area contributed by atoms with Crippen molar-refractivity contribution in [2.24, 2.45) is 50.7 Å². The van der Waals surface area contributed by atoms with Crippen LogP contribution in [0.15, 0.2) is 0 Å². The molecule has 9 atom stereocenters. The maximum Gasteiger partial charge on any atom is 0.0594 e. The average molecular weight is 397 g/mol. The van der Waals surface area contributed by atoms with Crippen molar-refractivity contribution in [3.63, 3.8) is 0 Å². The number of fused-ring (bicyclic) bond motifs is 7. The van der Waals surface area contributed by atoms with Crippen LogP contribution in [-0.4, -0.2) is 11.2 Å². The average Bonchev–Trinajstić information content (AvgIpc) is 3.10. The lowest BCUT2D eigenvalue weighted by molar-refractivity contribution is -0.242. The summed E-state index contributed by atoms with van der Waals surface area (Å²) in [4.78, 5) is 0. The molecule has 0 spiro atoms. The fourth-order valence-electron chi connectivity index (χ4n) is 10.8. The fourth-order valence-corrected chi connectivity index (χ4v) is 10.8. The molecule has 0 aromatic carbocycles. The van der Waals surface area contributed by atoms with Gasteiger partial charge in [0.05, 0.1) is 6.10 Å². The minimum atomic E-state index is -0.124. The number of rotatable bonds is 0. The summed E-state index contributed by atoms with van der Waals surface area (Å²) in [5.74, 6) is 6.43. The van der Waals surface area contributed by atoms with E-state index in [-0.39, 0.29) is 16.9 Å². The van der Waals surface area contributed by atoms with Crippen molar-refractivity contribution in [3.8, 4) is 12.3 Å². The first-order chi connectivity index (χ1) is 13.6. The van der Waals surface area contributed by atoms with Gasteiger partial charge < -0.3 is 5.11 Å². The van der Waals surface area contributed by atoms with Gasteiger partial charge in [-0.2, -0.15) is 0 Å². The van der Waals surface area contributed by atoms with Gasteiger partial charge in [-0.1, -0.05) is 47.0 Å². The van der Waals surface area contributed by atoms with Crippen LogP contribution in [0, 0.1) is 63.1 Å². The molecule has 0 bridgehead atoms. The van der Waals surface area contributed by atoms with Crippen LogP contribution in [0.4, 0.5) is 0 Å². The van der Waals surface area contributed by atoms with E-state index in [1.54, 1.807) is 0 Å². The van der Waals surface area contributed by atoms with Gasteiger partial charge in [0.1, 0.15) is 0 Å². The Bertz CT molecular complexity index is 731. The predicted molar refractivity (Wildman–Crippen MR) is 120 cm³/mol. The third-order valence-corrected chi connectivity index (χ3v) is 12.6. The molecule has 5 rings (SSSR count). The van der Waals surface area contributed by atoms with Crippen molar-refractivity contribution >= 4 is 0 Å². The highest BCUT2D eigenvalue weighted by Crippen LogP contribution is 2.76. The van der Waals surface area contributed by atoms with Crippen molar-refractivity contribution in [2.75, 3.05) is 0 Å². The molecule has 29 heavy (non-hydrogen) atoms. The second-order valence-electron chi connectivity index (χ2n) is 13.3. The summed E-state index contributed by atoms with van der Waals surface area (Å²) in [5, 5.41) is 10.8. The molecule has 5 fully saturated rings. The summed E-state index contributed by atoms with van der Waals surface area (Å²) in [6, 6.07) is 0. The van der Waals surface area contributed by atoms with E-state index in [0.29, 0.717) is 22.2 Å². The summed E-state index contributed by atoms with van der Waals surface area (Å²) < 4.78 is 0. The summed E-state index contributed by atoms with van der Waals surface area (Å²) in [6.07, 6.45) is 20.4. The molecule has 8 unspecified atom stereocenters. The van der Waals surface area contributed by atoms with Gasteiger partial charge in [-0.15, -0.1) is 6.42 Å². The smallest absolute Gasteiger partial charge is 0.0594 e. The SMILES string of the molecule is C#CC12CCCC1C1CCC3C4(C)CCC(O)C(C)(C)C4CCC3(C)[C@]1(C)CC2. The van der Waals surface area contributed by atoms with Crippen LogP contribution in [0.25, 0.3) is 0 Å². The highest BCUT2D eigenvalue weighted by molar-refractivity contribution is 5.22. The zero-order chi connectivity index (χ0) is 20.9. The zero-order valence-corrected chi connectivity index (χ0v) is 19.7. The maximum atomic E-state index is 10.8. The van der Waals surface area contributed by atoms with Crippen molar-refractivity contribution in [3.05, 3.63) is 0 Å². The third kappa shape index (κ3) is 2.29. The molecular formula is C28H44O. The molecule has 1 N–H and O–H groups in total. The quantitative estimate of drug-likeness (QED) is 0.445.